The number of benzene rings is 1. The number of nitrogens with one attached hydrogen (secondary N) is 1. The van der Waals surface area contributed by atoms with E-state index < -0.39 is 0 Å². The summed E-state index contributed by atoms with van der Waals surface area (Å²) in [5.74, 6) is -0.118. The average molecular weight is 269 g/mol. The third-order valence-corrected chi connectivity index (χ3v) is 3.05. The number of anilines is 1. The Hall–Kier alpha value is -2.36. The fraction of sp³-hybridized carbons (Fsp3) is 0.250. The average Bonchev–Trinajstić information content (AvgIpc) is 2.53. The number of nitrogens with zero attached hydrogens (tertiary/aromatic N) is 2. The van der Waals surface area contributed by atoms with E-state index in [0.717, 1.165) is 13.0 Å². The van der Waals surface area contributed by atoms with Gasteiger partial charge in [0.2, 0.25) is 0 Å². The van der Waals surface area contributed by atoms with Crippen LogP contribution in [0.15, 0.2) is 54.7 Å². The molecule has 0 aliphatic carbocycles. The van der Waals surface area contributed by atoms with Crippen LogP contribution in [-0.2, 0) is 0 Å². The number of carbonyl (C=O) groups excluding carboxylic acids is 1. The van der Waals surface area contributed by atoms with Crippen LogP contribution in [0.4, 0.5) is 5.69 Å². The lowest BCUT2D eigenvalue weighted by atomic mass is 10.3. The molecule has 2 rings (SSSR count). The van der Waals surface area contributed by atoms with Crippen LogP contribution in [0, 0.1) is 0 Å². The highest BCUT2D eigenvalue weighted by Crippen LogP contribution is 2.10. The quantitative estimate of drug-likeness (QED) is 0.819. The van der Waals surface area contributed by atoms with Crippen LogP contribution in [0.25, 0.3) is 0 Å². The summed E-state index contributed by atoms with van der Waals surface area (Å²) >= 11 is 0. The van der Waals surface area contributed by atoms with Crippen molar-refractivity contribution >= 4 is 11.6 Å². The maximum atomic E-state index is 11.8. The van der Waals surface area contributed by atoms with Crippen LogP contribution in [-0.4, -0.2) is 31.0 Å². The minimum Gasteiger partial charge on any atom is -0.375 e. The van der Waals surface area contributed by atoms with Crippen LogP contribution < -0.4 is 10.2 Å². The molecule has 2 aromatic rings. The van der Waals surface area contributed by atoms with Gasteiger partial charge in [-0.2, -0.15) is 0 Å². The lowest BCUT2D eigenvalue weighted by Crippen LogP contribution is -2.28. The maximum Gasteiger partial charge on any atom is 0.269 e. The summed E-state index contributed by atoms with van der Waals surface area (Å²) in [6, 6.07) is 15.5. The first-order valence-corrected chi connectivity index (χ1v) is 6.73. The van der Waals surface area contributed by atoms with E-state index in [9.17, 15) is 4.79 Å². The zero-order valence-corrected chi connectivity index (χ0v) is 11.6. The second-order valence-corrected chi connectivity index (χ2v) is 4.58. The molecular weight excluding hydrogens is 250 g/mol. The fourth-order valence-corrected chi connectivity index (χ4v) is 1.92. The lowest BCUT2D eigenvalue weighted by Gasteiger charge is -2.19. The molecule has 0 aliphatic heterocycles. The smallest absolute Gasteiger partial charge is 0.269 e. The van der Waals surface area contributed by atoms with Gasteiger partial charge in [0.25, 0.3) is 5.91 Å². The highest BCUT2D eigenvalue weighted by Gasteiger charge is 2.05. The second kappa shape index (κ2) is 7.28. The van der Waals surface area contributed by atoms with E-state index in [1.807, 2.05) is 24.3 Å². The van der Waals surface area contributed by atoms with E-state index >= 15 is 0 Å². The SMILES string of the molecule is CN(CCCNC(=O)c1ccccn1)c1ccccc1. The van der Waals surface area contributed by atoms with E-state index in [-0.39, 0.29) is 5.91 Å². The predicted octanol–water partition coefficient (Wildman–Crippen LogP) is 2.34. The fourth-order valence-electron chi connectivity index (χ4n) is 1.92. The molecule has 104 valence electrons. The van der Waals surface area contributed by atoms with E-state index in [1.165, 1.54) is 5.69 Å². The number of para-hydroxylation sites is 1. The van der Waals surface area contributed by atoms with E-state index in [4.69, 9.17) is 0 Å². The van der Waals surface area contributed by atoms with E-state index in [0.29, 0.717) is 12.2 Å². The number of rotatable bonds is 6. The molecule has 4 nitrogen and oxygen atoms in total. The van der Waals surface area contributed by atoms with Crippen molar-refractivity contribution in [2.75, 3.05) is 25.0 Å². The van der Waals surface area contributed by atoms with Crippen LogP contribution in [0.5, 0.6) is 0 Å². The molecular formula is C16H19N3O. The van der Waals surface area contributed by atoms with Gasteiger partial charge in [-0.15, -0.1) is 0 Å². The number of aromatic nitrogens is 1. The number of hydrogen-bond acceptors (Lipinski definition) is 3. The number of amides is 1. The predicted molar refractivity (Wildman–Crippen MR) is 80.9 cm³/mol. The molecule has 1 amide bonds. The van der Waals surface area contributed by atoms with Crippen molar-refractivity contribution in [3.05, 3.63) is 60.4 Å². The molecule has 1 N–H and O–H groups in total. The van der Waals surface area contributed by atoms with Crippen molar-refractivity contribution in [1.82, 2.24) is 10.3 Å². The molecule has 0 unspecified atom stereocenters. The maximum absolute atomic E-state index is 11.8. The molecule has 0 aliphatic rings. The molecule has 1 aromatic carbocycles. The Morgan fingerprint density at radius 1 is 1.15 bits per heavy atom. The third-order valence-electron chi connectivity index (χ3n) is 3.05. The summed E-state index contributed by atoms with van der Waals surface area (Å²) in [6.07, 6.45) is 2.52. The Bertz CT molecular complexity index is 528. The molecule has 1 heterocycles. The Kier molecular flexibility index (Phi) is 5.12. The second-order valence-electron chi connectivity index (χ2n) is 4.58. The lowest BCUT2D eigenvalue weighted by molar-refractivity contribution is 0.0948. The van der Waals surface area contributed by atoms with Crippen LogP contribution in [0.3, 0.4) is 0 Å². The Morgan fingerprint density at radius 2 is 1.90 bits per heavy atom. The van der Waals surface area contributed by atoms with Crippen molar-refractivity contribution in [3.8, 4) is 0 Å². The summed E-state index contributed by atoms with van der Waals surface area (Å²) in [6.45, 7) is 1.54. The molecule has 0 saturated carbocycles. The van der Waals surface area contributed by atoms with Gasteiger partial charge in [0.05, 0.1) is 0 Å². The first-order chi connectivity index (χ1) is 9.77. The first-order valence-electron chi connectivity index (χ1n) is 6.73. The Morgan fingerprint density at radius 3 is 2.60 bits per heavy atom. The van der Waals surface area contributed by atoms with Gasteiger partial charge in [-0.3, -0.25) is 9.78 Å². The number of pyridine rings is 1. The summed E-state index contributed by atoms with van der Waals surface area (Å²) < 4.78 is 0. The van der Waals surface area contributed by atoms with Gasteiger partial charge < -0.3 is 10.2 Å². The molecule has 0 saturated heterocycles. The highest BCUT2D eigenvalue weighted by atomic mass is 16.1. The van der Waals surface area contributed by atoms with Crippen molar-refractivity contribution in [1.29, 1.82) is 0 Å². The molecule has 0 fully saturated rings. The zero-order chi connectivity index (χ0) is 14.2. The molecule has 1 aromatic heterocycles. The standard InChI is InChI=1S/C16H19N3O/c1-19(14-8-3-2-4-9-14)13-7-12-18-16(20)15-10-5-6-11-17-15/h2-6,8-11H,7,12-13H2,1H3,(H,18,20). The minimum absolute atomic E-state index is 0.118. The summed E-state index contributed by atoms with van der Waals surface area (Å²) in [5.41, 5.74) is 1.65. The molecule has 0 radical (unpaired) electrons. The van der Waals surface area contributed by atoms with Gasteiger partial charge in [0.1, 0.15) is 5.69 Å². The van der Waals surface area contributed by atoms with Gasteiger partial charge >= 0.3 is 0 Å². The van der Waals surface area contributed by atoms with Crippen LogP contribution >= 0.6 is 0 Å². The Balaban J connectivity index is 1.71. The molecule has 0 bridgehead atoms. The first kappa shape index (κ1) is 14.1. The van der Waals surface area contributed by atoms with E-state index in [1.54, 1.807) is 18.3 Å². The van der Waals surface area contributed by atoms with Crippen LogP contribution in [0.1, 0.15) is 16.9 Å². The molecule has 20 heavy (non-hydrogen) atoms. The van der Waals surface area contributed by atoms with Crippen molar-refractivity contribution in [3.63, 3.8) is 0 Å². The van der Waals surface area contributed by atoms with Crippen molar-refractivity contribution in [2.45, 2.75) is 6.42 Å². The molecule has 4 heteroatoms. The monoisotopic (exact) mass is 269 g/mol. The van der Waals surface area contributed by atoms with Gasteiger partial charge in [-0.1, -0.05) is 24.3 Å². The van der Waals surface area contributed by atoms with Crippen molar-refractivity contribution in [2.24, 2.45) is 0 Å². The summed E-state index contributed by atoms with van der Waals surface area (Å²) in [5, 5.41) is 2.88. The van der Waals surface area contributed by atoms with Crippen molar-refractivity contribution < 1.29 is 4.79 Å². The minimum atomic E-state index is -0.118. The van der Waals surface area contributed by atoms with Gasteiger partial charge in [0.15, 0.2) is 0 Å². The van der Waals surface area contributed by atoms with Gasteiger partial charge in [-0.25, -0.2) is 0 Å². The van der Waals surface area contributed by atoms with Gasteiger partial charge in [-0.05, 0) is 30.7 Å². The zero-order valence-electron chi connectivity index (χ0n) is 11.6. The normalized spacial score (nSPS) is 10.1. The summed E-state index contributed by atoms with van der Waals surface area (Å²) in [7, 11) is 2.05. The van der Waals surface area contributed by atoms with Gasteiger partial charge in [0, 0.05) is 32.0 Å². The topological polar surface area (TPSA) is 45.2 Å². The van der Waals surface area contributed by atoms with E-state index in [2.05, 4.69) is 34.4 Å². The number of hydrogen-bond donors (Lipinski definition) is 1. The summed E-state index contributed by atoms with van der Waals surface area (Å²) in [4.78, 5) is 18.0. The number of carbonyl (C=O) groups is 1. The molecule has 0 spiro atoms. The third kappa shape index (κ3) is 4.09. The van der Waals surface area contributed by atoms with Crippen LogP contribution in [0.2, 0.25) is 0 Å². The Labute approximate surface area is 119 Å². The molecule has 0 atom stereocenters. The largest absolute Gasteiger partial charge is 0.375 e. The highest BCUT2D eigenvalue weighted by molar-refractivity contribution is 5.92.